The number of hydrogen-bond acceptors (Lipinski definition) is 3. The van der Waals surface area contributed by atoms with Crippen LogP contribution in [0.2, 0.25) is 0 Å². The lowest BCUT2D eigenvalue weighted by atomic mass is 9.72. The molecule has 1 aliphatic rings. The number of carboxylic acids is 1. The lowest BCUT2D eigenvalue weighted by Gasteiger charge is -2.32. The summed E-state index contributed by atoms with van der Waals surface area (Å²) in [6.07, 6.45) is 5.28. The number of aromatic nitrogens is 2. The van der Waals surface area contributed by atoms with Crippen molar-refractivity contribution in [2.24, 2.45) is 5.92 Å². The summed E-state index contributed by atoms with van der Waals surface area (Å²) in [6.45, 7) is 0. The van der Waals surface area contributed by atoms with Crippen LogP contribution in [0.4, 0.5) is 8.78 Å². The van der Waals surface area contributed by atoms with Crippen LogP contribution in [0.15, 0.2) is 66.7 Å². The Morgan fingerprint density at radius 3 is 2.44 bits per heavy atom. The van der Waals surface area contributed by atoms with Crippen LogP contribution in [-0.2, 0) is 4.79 Å². The van der Waals surface area contributed by atoms with Gasteiger partial charge in [0.15, 0.2) is 0 Å². The van der Waals surface area contributed by atoms with Gasteiger partial charge < -0.3 is 5.11 Å². The van der Waals surface area contributed by atoms with E-state index in [9.17, 15) is 14.4 Å². The molecule has 0 atom stereocenters. The van der Waals surface area contributed by atoms with Crippen LogP contribution >= 0.6 is 0 Å². The van der Waals surface area contributed by atoms with Crippen molar-refractivity contribution < 1.29 is 18.7 Å². The lowest BCUT2D eigenvalue weighted by Crippen LogP contribution is -2.16. The maximum absolute atomic E-state index is 15.2. The van der Waals surface area contributed by atoms with Gasteiger partial charge in [-0.1, -0.05) is 55.0 Å². The number of H-pyrrole nitrogens is 1. The zero-order valence-corrected chi connectivity index (χ0v) is 19.1. The maximum Gasteiger partial charge on any atom is 0.328 e. The molecule has 178 valence electrons. The van der Waals surface area contributed by atoms with E-state index < -0.39 is 11.9 Å². The van der Waals surface area contributed by atoms with E-state index in [0.29, 0.717) is 33.3 Å². The minimum atomic E-state index is -1.06. The Kier molecular flexibility index (Phi) is 6.17. The van der Waals surface area contributed by atoms with E-state index in [1.807, 2.05) is 12.1 Å². The number of aromatic amines is 1. The van der Waals surface area contributed by atoms with Gasteiger partial charge in [-0.15, -0.1) is 5.10 Å². The molecule has 0 saturated heterocycles. The number of nitriles is 1. The van der Waals surface area contributed by atoms with Crippen LogP contribution in [0.25, 0.3) is 28.1 Å². The number of allylic oxidation sites excluding steroid dienone is 1. The van der Waals surface area contributed by atoms with Crippen molar-refractivity contribution >= 4 is 34.1 Å². The molecule has 2 N–H and O–H groups in total. The number of rotatable bonds is 6. The van der Waals surface area contributed by atoms with Gasteiger partial charge in [0.2, 0.25) is 5.95 Å². The van der Waals surface area contributed by atoms with Gasteiger partial charge in [0.25, 0.3) is 0 Å². The average molecular weight is 482 g/mol. The molecule has 1 saturated carbocycles. The summed E-state index contributed by atoms with van der Waals surface area (Å²) in [5, 5.41) is 25.4. The SMILES string of the molecule is N#Cc1c(/C(=C(/c2ccccc2F)C2CCC2)c2ccc(/C=C/C(=O)O)cc2)ccc2[nH]nc(F)c12. The van der Waals surface area contributed by atoms with E-state index in [1.165, 1.54) is 12.1 Å². The third kappa shape index (κ3) is 4.18. The quantitative estimate of drug-likeness (QED) is 0.241. The van der Waals surface area contributed by atoms with Crippen LogP contribution in [-0.4, -0.2) is 21.3 Å². The maximum atomic E-state index is 15.2. The van der Waals surface area contributed by atoms with E-state index in [2.05, 4.69) is 16.3 Å². The molecule has 1 aliphatic carbocycles. The molecule has 0 bridgehead atoms. The number of hydrogen-bond donors (Lipinski definition) is 2. The normalized spacial score (nSPS) is 14.5. The highest BCUT2D eigenvalue weighted by Gasteiger charge is 2.30. The molecule has 1 fully saturated rings. The first-order valence-electron chi connectivity index (χ1n) is 11.6. The molecule has 1 aromatic heterocycles. The fraction of sp³-hybridized carbons (Fsp3) is 0.138. The Hall–Kier alpha value is -4.57. The number of benzene rings is 3. The first-order chi connectivity index (χ1) is 17.5. The highest BCUT2D eigenvalue weighted by Crippen LogP contribution is 2.46. The minimum absolute atomic E-state index is 0.0694. The number of halogens is 2. The standard InChI is InChI=1S/C29H21F2N3O2/c30-23-7-2-1-6-21(23)27(18-4-3-5-18)26(19-11-8-17(9-12-19)10-15-25(35)36)20-13-14-24-28(22(20)16-32)29(31)34-33-24/h1-2,6-15,18H,3-5H2,(H,33,34)(H,35,36)/b15-10+,27-26+. The summed E-state index contributed by atoms with van der Waals surface area (Å²) in [4.78, 5) is 10.9. The predicted octanol–water partition coefficient (Wildman–Crippen LogP) is 6.57. The Morgan fingerprint density at radius 2 is 1.81 bits per heavy atom. The van der Waals surface area contributed by atoms with Crippen molar-refractivity contribution in [3.8, 4) is 6.07 Å². The van der Waals surface area contributed by atoms with Crippen LogP contribution in [0.3, 0.4) is 0 Å². The van der Waals surface area contributed by atoms with Gasteiger partial charge in [0.05, 0.1) is 16.5 Å². The van der Waals surface area contributed by atoms with Crippen LogP contribution < -0.4 is 0 Å². The second-order valence-electron chi connectivity index (χ2n) is 8.73. The summed E-state index contributed by atoms with van der Waals surface area (Å²) in [5.41, 5.74) is 4.27. The van der Waals surface area contributed by atoms with Gasteiger partial charge in [-0.05, 0) is 59.2 Å². The Labute approximate surface area is 206 Å². The highest BCUT2D eigenvalue weighted by atomic mass is 19.1. The van der Waals surface area contributed by atoms with Gasteiger partial charge in [0.1, 0.15) is 11.9 Å². The van der Waals surface area contributed by atoms with E-state index in [1.54, 1.807) is 42.5 Å². The molecule has 0 aliphatic heterocycles. The molecule has 4 aromatic rings. The van der Waals surface area contributed by atoms with Gasteiger partial charge in [-0.2, -0.15) is 9.65 Å². The van der Waals surface area contributed by atoms with E-state index in [0.717, 1.165) is 30.9 Å². The third-order valence-corrected chi connectivity index (χ3v) is 6.63. The largest absolute Gasteiger partial charge is 0.478 e. The summed E-state index contributed by atoms with van der Waals surface area (Å²) in [5.74, 6) is -2.12. The van der Waals surface area contributed by atoms with Crippen molar-refractivity contribution in [1.29, 1.82) is 5.26 Å². The van der Waals surface area contributed by atoms with E-state index in [-0.39, 0.29) is 22.7 Å². The smallest absolute Gasteiger partial charge is 0.328 e. The Balaban J connectivity index is 1.83. The van der Waals surface area contributed by atoms with Crippen LogP contribution in [0, 0.1) is 29.0 Å². The number of fused-ring (bicyclic) bond motifs is 1. The zero-order chi connectivity index (χ0) is 25.2. The van der Waals surface area contributed by atoms with Crippen molar-refractivity contribution in [2.75, 3.05) is 0 Å². The topological polar surface area (TPSA) is 89.8 Å². The summed E-state index contributed by atoms with van der Waals surface area (Å²) < 4.78 is 29.8. The molecular weight excluding hydrogens is 460 g/mol. The first kappa shape index (κ1) is 23.2. The molecule has 1 heterocycles. The molecule has 5 rings (SSSR count). The predicted molar refractivity (Wildman–Crippen MR) is 134 cm³/mol. The minimum Gasteiger partial charge on any atom is -0.478 e. The summed E-state index contributed by atoms with van der Waals surface area (Å²) in [7, 11) is 0. The first-order valence-corrected chi connectivity index (χ1v) is 11.6. The molecule has 0 spiro atoms. The van der Waals surface area contributed by atoms with Crippen molar-refractivity contribution in [3.05, 3.63) is 106 Å². The van der Waals surface area contributed by atoms with Crippen molar-refractivity contribution in [2.45, 2.75) is 19.3 Å². The van der Waals surface area contributed by atoms with Gasteiger partial charge in [-0.25, -0.2) is 9.18 Å². The highest BCUT2D eigenvalue weighted by molar-refractivity contribution is 6.04. The summed E-state index contributed by atoms with van der Waals surface area (Å²) in [6, 6.07) is 19.3. The molecule has 5 nitrogen and oxygen atoms in total. The molecule has 0 amide bonds. The molecule has 3 aromatic carbocycles. The Morgan fingerprint density at radius 1 is 1.06 bits per heavy atom. The number of carbonyl (C=O) groups is 1. The monoisotopic (exact) mass is 481 g/mol. The molecular formula is C29H21F2N3O2. The van der Waals surface area contributed by atoms with Gasteiger partial charge in [-0.3, -0.25) is 5.10 Å². The number of carboxylic acid groups (broad SMARTS) is 1. The number of nitrogens with one attached hydrogen (secondary N) is 1. The fourth-order valence-corrected chi connectivity index (χ4v) is 4.72. The molecule has 7 heteroatoms. The number of nitrogens with zero attached hydrogens (tertiary/aromatic N) is 2. The Bertz CT molecular complexity index is 1570. The fourth-order valence-electron chi connectivity index (χ4n) is 4.72. The zero-order valence-electron chi connectivity index (χ0n) is 19.1. The second-order valence-corrected chi connectivity index (χ2v) is 8.73. The van der Waals surface area contributed by atoms with E-state index in [4.69, 9.17) is 5.11 Å². The van der Waals surface area contributed by atoms with Gasteiger partial charge >= 0.3 is 5.97 Å². The lowest BCUT2D eigenvalue weighted by molar-refractivity contribution is -0.131. The molecule has 0 unspecified atom stereocenters. The average Bonchev–Trinajstić information content (AvgIpc) is 3.23. The third-order valence-electron chi connectivity index (χ3n) is 6.63. The van der Waals surface area contributed by atoms with Gasteiger partial charge in [0, 0.05) is 17.2 Å². The molecule has 36 heavy (non-hydrogen) atoms. The van der Waals surface area contributed by atoms with Crippen molar-refractivity contribution in [3.63, 3.8) is 0 Å². The van der Waals surface area contributed by atoms with E-state index >= 15 is 4.39 Å². The van der Waals surface area contributed by atoms with Crippen LogP contribution in [0.1, 0.15) is 47.1 Å². The van der Waals surface area contributed by atoms with Crippen molar-refractivity contribution in [1.82, 2.24) is 10.2 Å². The number of aliphatic carboxylic acids is 1. The summed E-state index contributed by atoms with van der Waals surface area (Å²) >= 11 is 0. The molecule has 0 radical (unpaired) electrons. The second kappa shape index (κ2) is 9.59. The van der Waals surface area contributed by atoms with Crippen LogP contribution in [0.5, 0.6) is 0 Å².